The molecule has 1 aromatic heterocycles. The number of aromatic nitrogens is 1. The van der Waals surface area contributed by atoms with Crippen LogP contribution in [0.15, 0.2) is 24.3 Å². The molecule has 0 aliphatic carbocycles. The Labute approximate surface area is 122 Å². The first-order chi connectivity index (χ1) is 9.52. The second kappa shape index (κ2) is 6.05. The van der Waals surface area contributed by atoms with Crippen LogP contribution in [0, 0.1) is 13.8 Å². The summed E-state index contributed by atoms with van der Waals surface area (Å²) < 4.78 is 4.80. The number of esters is 1. The fourth-order valence-corrected chi connectivity index (χ4v) is 3.07. The topological polar surface area (TPSA) is 51.2 Å². The molecule has 1 unspecified atom stereocenters. The van der Waals surface area contributed by atoms with Gasteiger partial charge in [0.05, 0.1) is 29.4 Å². The summed E-state index contributed by atoms with van der Waals surface area (Å²) in [5.41, 5.74) is 2.35. The minimum atomic E-state index is -0.336. The third-order valence-electron chi connectivity index (χ3n) is 3.04. The highest BCUT2D eigenvalue weighted by Gasteiger charge is 2.16. The van der Waals surface area contributed by atoms with Crippen LogP contribution < -0.4 is 5.32 Å². The average molecular weight is 290 g/mol. The van der Waals surface area contributed by atoms with Crippen LogP contribution in [-0.4, -0.2) is 18.1 Å². The number of para-hydroxylation sites is 1. The first-order valence-electron chi connectivity index (χ1n) is 6.40. The fraction of sp³-hybridized carbons (Fsp3) is 0.333. The van der Waals surface area contributed by atoms with Crippen molar-refractivity contribution in [2.45, 2.75) is 26.8 Å². The summed E-state index contributed by atoms with van der Waals surface area (Å²) in [5.74, 6) is -0.336. The van der Waals surface area contributed by atoms with E-state index in [1.165, 1.54) is 12.0 Å². The number of anilines is 1. The Balaban J connectivity index is 2.26. The van der Waals surface area contributed by atoms with Crippen molar-refractivity contribution in [3.8, 4) is 0 Å². The number of aryl methyl sites for hydroxylation is 2. The third-order valence-corrected chi connectivity index (χ3v) is 4.29. The van der Waals surface area contributed by atoms with Crippen LogP contribution in [0.5, 0.6) is 0 Å². The number of methoxy groups -OCH3 is 1. The molecule has 0 aliphatic rings. The number of rotatable bonds is 4. The molecule has 20 heavy (non-hydrogen) atoms. The van der Waals surface area contributed by atoms with Crippen molar-refractivity contribution in [1.29, 1.82) is 0 Å². The predicted molar refractivity (Wildman–Crippen MR) is 81.4 cm³/mol. The van der Waals surface area contributed by atoms with Crippen molar-refractivity contribution in [1.82, 2.24) is 4.98 Å². The van der Waals surface area contributed by atoms with E-state index in [1.54, 1.807) is 17.4 Å². The molecule has 0 spiro atoms. The molecule has 4 nitrogen and oxygen atoms in total. The van der Waals surface area contributed by atoms with Gasteiger partial charge < -0.3 is 10.1 Å². The van der Waals surface area contributed by atoms with Crippen LogP contribution >= 0.6 is 11.3 Å². The van der Waals surface area contributed by atoms with E-state index in [2.05, 4.69) is 17.2 Å². The van der Waals surface area contributed by atoms with Crippen molar-refractivity contribution in [2.24, 2.45) is 0 Å². The maximum Gasteiger partial charge on any atom is 0.339 e. The summed E-state index contributed by atoms with van der Waals surface area (Å²) in [6, 6.07) is 7.45. The van der Waals surface area contributed by atoms with Crippen LogP contribution in [0.1, 0.15) is 38.9 Å². The minimum Gasteiger partial charge on any atom is -0.465 e. The summed E-state index contributed by atoms with van der Waals surface area (Å²) in [6.07, 6.45) is 0. The SMILES string of the molecule is COC(=O)c1ccccc1NC(C)c1sc(C)nc1C. The zero-order valence-electron chi connectivity index (χ0n) is 12.1. The number of carbonyl (C=O) groups is 1. The molecule has 2 aromatic rings. The highest BCUT2D eigenvalue weighted by molar-refractivity contribution is 7.11. The average Bonchev–Trinajstić information content (AvgIpc) is 2.77. The van der Waals surface area contributed by atoms with Crippen molar-refractivity contribution >= 4 is 23.0 Å². The molecule has 0 bridgehead atoms. The molecule has 0 radical (unpaired) electrons. The molecule has 1 N–H and O–H groups in total. The lowest BCUT2D eigenvalue weighted by Gasteiger charge is -2.16. The third kappa shape index (κ3) is 2.99. The number of carbonyl (C=O) groups excluding carboxylic acids is 1. The van der Waals surface area contributed by atoms with Gasteiger partial charge in [-0.25, -0.2) is 9.78 Å². The van der Waals surface area contributed by atoms with Crippen LogP contribution in [0.3, 0.4) is 0 Å². The second-order valence-corrected chi connectivity index (χ2v) is 5.82. The number of thiazole rings is 1. The van der Waals surface area contributed by atoms with E-state index < -0.39 is 0 Å². The largest absolute Gasteiger partial charge is 0.465 e. The molecule has 0 amide bonds. The van der Waals surface area contributed by atoms with Gasteiger partial charge in [0.15, 0.2) is 0 Å². The van der Waals surface area contributed by atoms with Crippen LogP contribution in [0.2, 0.25) is 0 Å². The summed E-state index contributed by atoms with van der Waals surface area (Å²) in [4.78, 5) is 17.4. The van der Waals surface area contributed by atoms with Crippen LogP contribution in [0.4, 0.5) is 5.69 Å². The lowest BCUT2D eigenvalue weighted by molar-refractivity contribution is 0.0602. The normalized spacial score (nSPS) is 12.0. The number of ether oxygens (including phenoxy) is 1. The van der Waals surface area contributed by atoms with E-state index in [0.717, 1.165) is 16.4 Å². The molecule has 106 valence electrons. The van der Waals surface area contributed by atoms with E-state index >= 15 is 0 Å². The van der Waals surface area contributed by atoms with Crippen molar-refractivity contribution in [2.75, 3.05) is 12.4 Å². The number of hydrogen-bond acceptors (Lipinski definition) is 5. The Kier molecular flexibility index (Phi) is 4.39. The van der Waals surface area contributed by atoms with Gasteiger partial charge in [0.25, 0.3) is 0 Å². The molecule has 0 aliphatic heterocycles. The van der Waals surface area contributed by atoms with Crippen molar-refractivity contribution < 1.29 is 9.53 Å². The highest BCUT2D eigenvalue weighted by atomic mass is 32.1. The van der Waals surface area contributed by atoms with Crippen LogP contribution in [0.25, 0.3) is 0 Å². The van der Waals surface area contributed by atoms with Gasteiger partial charge in [0, 0.05) is 10.6 Å². The lowest BCUT2D eigenvalue weighted by Crippen LogP contribution is -2.11. The van der Waals surface area contributed by atoms with Gasteiger partial charge in [-0.1, -0.05) is 12.1 Å². The Morgan fingerprint density at radius 1 is 1.35 bits per heavy atom. The maximum absolute atomic E-state index is 11.8. The molecule has 1 heterocycles. The first kappa shape index (κ1) is 14.5. The quantitative estimate of drug-likeness (QED) is 0.872. The van der Waals surface area contributed by atoms with Gasteiger partial charge in [-0.3, -0.25) is 0 Å². The number of benzene rings is 1. The minimum absolute atomic E-state index is 0.0898. The van der Waals surface area contributed by atoms with E-state index in [9.17, 15) is 4.79 Å². The molecular formula is C15H18N2O2S. The maximum atomic E-state index is 11.8. The van der Waals surface area contributed by atoms with Gasteiger partial charge >= 0.3 is 5.97 Å². The van der Waals surface area contributed by atoms with E-state index in [0.29, 0.717) is 5.56 Å². The smallest absolute Gasteiger partial charge is 0.339 e. The summed E-state index contributed by atoms with van der Waals surface area (Å²) in [6.45, 7) is 6.06. The molecule has 0 fully saturated rings. The molecule has 0 saturated heterocycles. The summed E-state index contributed by atoms with van der Waals surface area (Å²) in [5, 5.41) is 4.41. The van der Waals surface area contributed by atoms with Gasteiger partial charge in [-0.15, -0.1) is 11.3 Å². The Morgan fingerprint density at radius 2 is 2.05 bits per heavy atom. The van der Waals surface area contributed by atoms with E-state index in [-0.39, 0.29) is 12.0 Å². The van der Waals surface area contributed by atoms with E-state index in [4.69, 9.17) is 4.74 Å². The molecular weight excluding hydrogens is 272 g/mol. The van der Waals surface area contributed by atoms with Crippen molar-refractivity contribution in [3.05, 3.63) is 45.4 Å². The number of nitrogens with one attached hydrogen (secondary N) is 1. The molecule has 0 saturated carbocycles. The zero-order chi connectivity index (χ0) is 14.7. The monoisotopic (exact) mass is 290 g/mol. The summed E-state index contributed by atoms with van der Waals surface area (Å²) >= 11 is 1.67. The van der Waals surface area contributed by atoms with Crippen molar-refractivity contribution in [3.63, 3.8) is 0 Å². The Hall–Kier alpha value is -1.88. The standard InChI is InChI=1S/C15H18N2O2S/c1-9-14(20-11(3)16-9)10(2)17-13-8-6-5-7-12(13)15(18)19-4/h5-8,10,17H,1-4H3. The van der Waals surface area contributed by atoms with Crippen LogP contribution in [-0.2, 0) is 4.74 Å². The number of nitrogens with zero attached hydrogens (tertiary/aromatic N) is 1. The lowest BCUT2D eigenvalue weighted by atomic mass is 10.1. The first-order valence-corrected chi connectivity index (χ1v) is 7.22. The Morgan fingerprint density at radius 3 is 2.65 bits per heavy atom. The van der Waals surface area contributed by atoms with Gasteiger partial charge in [0.1, 0.15) is 0 Å². The van der Waals surface area contributed by atoms with E-state index in [1.807, 2.05) is 32.0 Å². The summed E-state index contributed by atoms with van der Waals surface area (Å²) in [7, 11) is 1.39. The second-order valence-electron chi connectivity index (χ2n) is 4.59. The Bertz CT molecular complexity index is 622. The molecule has 1 atom stereocenters. The molecule has 1 aromatic carbocycles. The van der Waals surface area contributed by atoms with Gasteiger partial charge in [0.2, 0.25) is 0 Å². The number of hydrogen-bond donors (Lipinski definition) is 1. The van der Waals surface area contributed by atoms with Gasteiger partial charge in [-0.05, 0) is 32.9 Å². The predicted octanol–water partition coefficient (Wildman–Crippen LogP) is 3.72. The highest BCUT2D eigenvalue weighted by Crippen LogP contribution is 2.28. The molecule has 5 heteroatoms. The van der Waals surface area contributed by atoms with Gasteiger partial charge in [-0.2, -0.15) is 0 Å². The fourth-order valence-electron chi connectivity index (χ4n) is 2.14. The molecule has 2 rings (SSSR count). The zero-order valence-corrected chi connectivity index (χ0v) is 12.9.